The molecule has 0 saturated carbocycles. The Balaban J connectivity index is 3.44. The maximum absolute atomic E-state index is 11.7. The summed E-state index contributed by atoms with van der Waals surface area (Å²) in [6.45, 7) is 6.80. The third kappa shape index (κ3) is 15.6. The average Bonchev–Trinajstić information content (AvgIpc) is 2.54. The van der Waals surface area contributed by atoms with Gasteiger partial charge in [0.2, 0.25) is 0 Å². The van der Waals surface area contributed by atoms with Crippen molar-refractivity contribution in [1.82, 2.24) is 5.32 Å². The van der Waals surface area contributed by atoms with E-state index in [1.807, 2.05) is 6.92 Å². The minimum absolute atomic E-state index is 0.179. The van der Waals surface area contributed by atoms with Crippen LogP contribution in [0.3, 0.4) is 0 Å². The van der Waals surface area contributed by atoms with Crippen LogP contribution in [0.25, 0.3) is 0 Å². The largest absolute Gasteiger partial charge is 0.466 e. The molecule has 0 heterocycles. The van der Waals surface area contributed by atoms with E-state index in [0.29, 0.717) is 13.2 Å². The predicted octanol–water partition coefficient (Wildman–Crippen LogP) is 4.98. The van der Waals surface area contributed by atoms with Gasteiger partial charge in [0.05, 0.1) is 19.6 Å². The topological polar surface area (TPSA) is 64.6 Å². The summed E-state index contributed by atoms with van der Waals surface area (Å²) in [5.41, 5.74) is 0. The minimum Gasteiger partial charge on any atom is -0.466 e. The van der Waals surface area contributed by atoms with Gasteiger partial charge in [-0.1, -0.05) is 65.2 Å². The van der Waals surface area contributed by atoms with Gasteiger partial charge in [-0.15, -0.1) is 0 Å². The number of unbranched alkanes of at least 4 members (excludes halogenated alkanes) is 8. The Morgan fingerprint density at radius 1 is 0.792 bits per heavy atom. The smallest absolute Gasteiger partial charge is 0.407 e. The van der Waals surface area contributed by atoms with Gasteiger partial charge in [-0.3, -0.25) is 4.79 Å². The lowest BCUT2D eigenvalue weighted by atomic mass is 10.1. The molecule has 1 amide bonds. The van der Waals surface area contributed by atoms with Crippen molar-refractivity contribution in [1.29, 1.82) is 0 Å². The van der Waals surface area contributed by atoms with Crippen LogP contribution < -0.4 is 5.32 Å². The van der Waals surface area contributed by atoms with E-state index >= 15 is 0 Å². The van der Waals surface area contributed by atoms with Crippen molar-refractivity contribution in [2.24, 2.45) is 0 Å². The second kappa shape index (κ2) is 16.6. The summed E-state index contributed by atoms with van der Waals surface area (Å²) in [6, 6.07) is -0.273. The molecule has 0 rings (SSSR count). The van der Waals surface area contributed by atoms with E-state index in [1.165, 1.54) is 44.9 Å². The fraction of sp³-hybridized carbons (Fsp3) is 0.895. The molecule has 1 N–H and O–H groups in total. The first-order chi connectivity index (χ1) is 11.6. The Morgan fingerprint density at radius 3 is 1.96 bits per heavy atom. The molecule has 0 aliphatic heterocycles. The summed E-state index contributed by atoms with van der Waals surface area (Å²) in [6.07, 6.45) is 11.6. The number of alkyl carbamates (subject to hydrolysis) is 1. The molecule has 0 aromatic rings. The van der Waals surface area contributed by atoms with Gasteiger partial charge < -0.3 is 14.8 Å². The molecule has 24 heavy (non-hydrogen) atoms. The average molecular weight is 344 g/mol. The van der Waals surface area contributed by atoms with Crippen molar-refractivity contribution >= 4 is 12.1 Å². The molecule has 5 heteroatoms. The van der Waals surface area contributed by atoms with Crippen LogP contribution in [-0.4, -0.2) is 31.3 Å². The molecule has 142 valence electrons. The molecule has 0 radical (unpaired) electrons. The summed E-state index contributed by atoms with van der Waals surface area (Å²) in [4.78, 5) is 23.0. The second-order valence-electron chi connectivity index (χ2n) is 6.43. The molecule has 0 fully saturated rings. The number of amides is 1. The first kappa shape index (κ1) is 22.7. The molecule has 0 spiro atoms. The van der Waals surface area contributed by atoms with Gasteiger partial charge in [-0.25, -0.2) is 4.79 Å². The molecule has 1 unspecified atom stereocenters. The van der Waals surface area contributed by atoms with Gasteiger partial charge in [-0.2, -0.15) is 0 Å². The van der Waals surface area contributed by atoms with E-state index in [4.69, 9.17) is 9.47 Å². The molecule has 0 bridgehead atoms. The van der Waals surface area contributed by atoms with Crippen LogP contribution in [0.1, 0.15) is 91.4 Å². The van der Waals surface area contributed by atoms with E-state index in [0.717, 1.165) is 19.3 Å². The molecular weight excluding hydrogens is 306 g/mol. The first-order valence-electron chi connectivity index (χ1n) is 9.69. The van der Waals surface area contributed by atoms with Crippen molar-refractivity contribution in [2.75, 3.05) is 13.2 Å². The van der Waals surface area contributed by atoms with E-state index in [9.17, 15) is 9.59 Å². The zero-order chi connectivity index (χ0) is 18.0. The Bertz CT molecular complexity index is 320. The molecule has 1 atom stereocenters. The number of hydrogen-bond donors (Lipinski definition) is 1. The van der Waals surface area contributed by atoms with Gasteiger partial charge in [0.15, 0.2) is 0 Å². The molecule has 0 aromatic carbocycles. The zero-order valence-corrected chi connectivity index (χ0v) is 15.9. The first-order valence-corrected chi connectivity index (χ1v) is 9.69. The summed E-state index contributed by atoms with van der Waals surface area (Å²) in [5, 5.41) is 2.62. The summed E-state index contributed by atoms with van der Waals surface area (Å²) >= 11 is 0. The Morgan fingerprint density at radius 2 is 1.38 bits per heavy atom. The molecule has 5 nitrogen and oxygen atoms in total. The second-order valence-corrected chi connectivity index (χ2v) is 6.43. The van der Waals surface area contributed by atoms with Crippen LogP contribution in [0, 0.1) is 0 Å². The number of hydrogen-bond acceptors (Lipinski definition) is 4. The normalized spacial score (nSPS) is 11.8. The number of rotatable bonds is 15. The highest BCUT2D eigenvalue weighted by atomic mass is 16.5. The van der Waals surface area contributed by atoms with Crippen molar-refractivity contribution in [2.45, 2.75) is 97.4 Å². The van der Waals surface area contributed by atoms with E-state index in [2.05, 4.69) is 12.2 Å². The lowest BCUT2D eigenvalue weighted by Gasteiger charge is -2.13. The monoisotopic (exact) mass is 343 g/mol. The summed E-state index contributed by atoms with van der Waals surface area (Å²) in [7, 11) is 0. The summed E-state index contributed by atoms with van der Waals surface area (Å²) < 4.78 is 10.1. The van der Waals surface area contributed by atoms with Crippen molar-refractivity contribution < 1.29 is 19.1 Å². The lowest BCUT2D eigenvalue weighted by Crippen LogP contribution is -2.35. The number of carbonyl (C=O) groups excluding carboxylic acids is 2. The highest BCUT2D eigenvalue weighted by Gasteiger charge is 2.13. The third-order valence-electron chi connectivity index (χ3n) is 3.79. The van der Waals surface area contributed by atoms with Crippen molar-refractivity contribution in [3.8, 4) is 0 Å². The molecule has 0 aliphatic carbocycles. The maximum atomic E-state index is 11.7. The molecule has 0 aliphatic rings. The van der Waals surface area contributed by atoms with Crippen molar-refractivity contribution in [3.63, 3.8) is 0 Å². The number of ether oxygens (including phenoxy) is 2. The van der Waals surface area contributed by atoms with Gasteiger partial charge in [-0.05, 0) is 19.8 Å². The van der Waals surface area contributed by atoms with Gasteiger partial charge >= 0.3 is 12.1 Å². The molecular formula is C19H37NO4. The Labute approximate surface area is 147 Å². The van der Waals surface area contributed by atoms with Crippen LogP contribution in [0.15, 0.2) is 0 Å². The minimum atomic E-state index is -0.476. The molecule has 0 aromatic heterocycles. The van der Waals surface area contributed by atoms with E-state index < -0.39 is 6.09 Å². The van der Waals surface area contributed by atoms with E-state index in [1.54, 1.807) is 6.92 Å². The Hall–Kier alpha value is -1.26. The number of esters is 1. The highest BCUT2D eigenvalue weighted by molar-refractivity contribution is 5.72. The predicted molar refractivity (Wildman–Crippen MR) is 97.0 cm³/mol. The number of carbonyl (C=O) groups is 2. The number of nitrogens with one attached hydrogen (secondary N) is 1. The Kier molecular flexibility index (Phi) is 15.7. The fourth-order valence-electron chi connectivity index (χ4n) is 2.40. The maximum Gasteiger partial charge on any atom is 0.407 e. The third-order valence-corrected chi connectivity index (χ3v) is 3.79. The van der Waals surface area contributed by atoms with Crippen LogP contribution in [-0.2, 0) is 14.3 Å². The van der Waals surface area contributed by atoms with Crippen LogP contribution in [0.5, 0.6) is 0 Å². The standard InChI is InChI=1S/C19H37NO4/c1-4-6-7-8-9-10-11-12-13-15-23-18(21)16-17(3)20-19(22)24-14-5-2/h17H,4-16H2,1-3H3,(H,20,22). The van der Waals surface area contributed by atoms with Crippen LogP contribution in [0.2, 0.25) is 0 Å². The van der Waals surface area contributed by atoms with Crippen molar-refractivity contribution in [3.05, 3.63) is 0 Å². The van der Waals surface area contributed by atoms with E-state index in [-0.39, 0.29) is 18.4 Å². The highest BCUT2D eigenvalue weighted by Crippen LogP contribution is 2.09. The quantitative estimate of drug-likeness (QED) is 0.336. The fourth-order valence-corrected chi connectivity index (χ4v) is 2.40. The SMILES string of the molecule is CCCCCCCCCCCOC(=O)CC(C)NC(=O)OCCC. The summed E-state index contributed by atoms with van der Waals surface area (Å²) in [5.74, 6) is -0.266. The van der Waals surface area contributed by atoms with Crippen LogP contribution in [0.4, 0.5) is 4.79 Å². The zero-order valence-electron chi connectivity index (χ0n) is 15.9. The van der Waals surface area contributed by atoms with Gasteiger partial charge in [0.1, 0.15) is 0 Å². The van der Waals surface area contributed by atoms with Gasteiger partial charge in [0.25, 0.3) is 0 Å². The van der Waals surface area contributed by atoms with Crippen LogP contribution >= 0.6 is 0 Å². The lowest BCUT2D eigenvalue weighted by molar-refractivity contribution is -0.144. The van der Waals surface area contributed by atoms with Gasteiger partial charge in [0, 0.05) is 6.04 Å². The molecule has 0 saturated heterocycles.